The molecule has 306 valence electrons. The second-order valence-corrected chi connectivity index (χ2v) is 17.5. The van der Waals surface area contributed by atoms with Crippen molar-refractivity contribution < 1.29 is 4.42 Å². The van der Waals surface area contributed by atoms with Gasteiger partial charge in [-0.2, -0.15) is 0 Å². The second kappa shape index (κ2) is 14.4. The molecule has 0 radical (unpaired) electrons. The minimum Gasteiger partial charge on any atom is -0.456 e. The molecule has 0 spiro atoms. The van der Waals surface area contributed by atoms with Gasteiger partial charge in [0.25, 0.3) is 0 Å². The van der Waals surface area contributed by atoms with Gasteiger partial charge in [-0.25, -0.2) is 0 Å². The molecule has 0 bridgehead atoms. The van der Waals surface area contributed by atoms with E-state index in [2.05, 4.69) is 241 Å². The molecular weight excluding hydrogens is 799 g/mol. The fourth-order valence-corrected chi connectivity index (χ4v) is 11.2. The molecule has 2 nitrogen and oxygen atoms in total. The molecule has 0 amide bonds. The Labute approximate surface area is 380 Å². The summed E-state index contributed by atoms with van der Waals surface area (Å²) >= 11 is 0. The van der Waals surface area contributed by atoms with Gasteiger partial charge in [0.05, 0.1) is 16.7 Å². The number of aromatic nitrogens is 1. The lowest BCUT2D eigenvalue weighted by Crippen LogP contribution is -1.99. The number of hydrogen-bond acceptors (Lipinski definition) is 1. The maximum Gasteiger partial charge on any atom is 0.136 e. The van der Waals surface area contributed by atoms with Crippen LogP contribution in [0.3, 0.4) is 0 Å². The predicted molar refractivity (Wildman–Crippen MR) is 280 cm³/mol. The van der Waals surface area contributed by atoms with Crippen molar-refractivity contribution in [2.24, 2.45) is 0 Å². The van der Waals surface area contributed by atoms with Crippen molar-refractivity contribution in [1.82, 2.24) is 4.57 Å². The van der Waals surface area contributed by atoms with Crippen LogP contribution in [0.1, 0.15) is 0 Å². The van der Waals surface area contributed by atoms with Crippen molar-refractivity contribution in [2.75, 3.05) is 0 Å². The molecule has 0 fully saturated rings. The van der Waals surface area contributed by atoms with Gasteiger partial charge in [0.1, 0.15) is 11.2 Å². The average molecular weight is 838 g/mol. The third-order valence-electron chi connectivity index (χ3n) is 14.0. The van der Waals surface area contributed by atoms with Crippen LogP contribution in [-0.2, 0) is 0 Å². The van der Waals surface area contributed by atoms with Crippen LogP contribution in [0.25, 0.3) is 137 Å². The Morgan fingerprint density at radius 1 is 0.258 bits per heavy atom. The highest BCUT2D eigenvalue weighted by atomic mass is 16.3. The van der Waals surface area contributed by atoms with Gasteiger partial charge in [0.2, 0.25) is 0 Å². The molecule has 0 N–H and O–H groups in total. The third kappa shape index (κ3) is 5.36. The lowest BCUT2D eigenvalue weighted by atomic mass is 9.85. The van der Waals surface area contributed by atoms with E-state index in [-0.39, 0.29) is 0 Å². The summed E-state index contributed by atoms with van der Waals surface area (Å²) in [6.07, 6.45) is 0. The maximum atomic E-state index is 6.80. The predicted octanol–water partition coefficient (Wildman–Crippen LogP) is 18.0. The summed E-state index contributed by atoms with van der Waals surface area (Å²) in [6.45, 7) is 0. The van der Waals surface area contributed by atoms with E-state index < -0.39 is 0 Å². The summed E-state index contributed by atoms with van der Waals surface area (Å²) in [4.78, 5) is 0. The smallest absolute Gasteiger partial charge is 0.136 e. The Balaban J connectivity index is 1.04. The van der Waals surface area contributed by atoms with E-state index in [4.69, 9.17) is 4.42 Å². The number of hydrogen-bond donors (Lipinski definition) is 0. The zero-order chi connectivity index (χ0) is 43.3. The van der Waals surface area contributed by atoms with Crippen LogP contribution in [0.15, 0.2) is 241 Å². The first-order chi connectivity index (χ1) is 32.8. The van der Waals surface area contributed by atoms with E-state index in [0.29, 0.717) is 0 Å². The molecule has 12 aromatic carbocycles. The van der Waals surface area contributed by atoms with Crippen LogP contribution in [0, 0.1) is 0 Å². The topological polar surface area (TPSA) is 18.1 Å². The summed E-state index contributed by atoms with van der Waals surface area (Å²) in [5.74, 6) is 0. The third-order valence-corrected chi connectivity index (χ3v) is 14.0. The van der Waals surface area contributed by atoms with Crippen LogP contribution in [-0.4, -0.2) is 4.57 Å². The van der Waals surface area contributed by atoms with Crippen LogP contribution in [0.2, 0.25) is 0 Å². The van der Waals surface area contributed by atoms with E-state index in [1.54, 1.807) is 0 Å². The van der Waals surface area contributed by atoms with Gasteiger partial charge in [-0.05, 0) is 113 Å². The van der Waals surface area contributed by atoms with Gasteiger partial charge < -0.3 is 8.98 Å². The number of nitrogens with zero attached hydrogens (tertiary/aromatic N) is 1. The second-order valence-electron chi connectivity index (χ2n) is 17.5. The summed E-state index contributed by atoms with van der Waals surface area (Å²) in [5, 5.41) is 14.5. The van der Waals surface area contributed by atoms with Gasteiger partial charge in [0, 0.05) is 32.3 Å². The van der Waals surface area contributed by atoms with E-state index >= 15 is 0 Å². The SMILES string of the molecule is c1ccc(-c2ccc3c(c2)c2ccccc2n3-c2c3ccccc3c(-c3cccc4oc5ccc(-c6c7ccccc7c(-c7ccccc7)c7ccccc67)cc5c34)c3ccccc23)cc1. The monoisotopic (exact) mass is 837 g/mol. The molecule has 66 heavy (non-hydrogen) atoms. The lowest BCUT2D eigenvalue weighted by molar-refractivity contribution is 0.669. The minimum atomic E-state index is 0.876. The van der Waals surface area contributed by atoms with Crippen LogP contribution in [0.4, 0.5) is 0 Å². The number of fused-ring (bicyclic) bond motifs is 10. The van der Waals surface area contributed by atoms with Crippen LogP contribution in [0.5, 0.6) is 0 Å². The first-order valence-corrected chi connectivity index (χ1v) is 22.8. The summed E-state index contributed by atoms with van der Waals surface area (Å²) in [5.41, 5.74) is 15.0. The fourth-order valence-electron chi connectivity index (χ4n) is 11.2. The summed E-state index contributed by atoms with van der Waals surface area (Å²) in [6, 6.07) is 86.4. The van der Waals surface area contributed by atoms with E-state index in [0.717, 1.165) is 27.5 Å². The number of benzene rings is 12. The molecule has 14 aromatic rings. The summed E-state index contributed by atoms with van der Waals surface area (Å²) in [7, 11) is 0. The normalized spacial score (nSPS) is 11.9. The molecule has 0 saturated heterocycles. The Morgan fingerprint density at radius 2 is 0.727 bits per heavy atom. The minimum absolute atomic E-state index is 0.876. The number of para-hydroxylation sites is 1. The molecular formula is C64H39NO. The van der Waals surface area contributed by atoms with Gasteiger partial charge in [0.15, 0.2) is 0 Å². The summed E-state index contributed by atoms with van der Waals surface area (Å²) < 4.78 is 9.30. The molecule has 14 rings (SSSR count). The molecule has 0 saturated carbocycles. The van der Waals surface area contributed by atoms with Gasteiger partial charge in [-0.1, -0.05) is 200 Å². The highest BCUT2D eigenvalue weighted by Crippen LogP contribution is 2.49. The van der Waals surface area contributed by atoms with Gasteiger partial charge >= 0.3 is 0 Å². The van der Waals surface area contributed by atoms with Crippen molar-refractivity contribution in [3.05, 3.63) is 237 Å². The Hall–Kier alpha value is -8.72. The van der Waals surface area contributed by atoms with E-state index in [1.807, 2.05) is 0 Å². The zero-order valence-electron chi connectivity index (χ0n) is 35.9. The van der Waals surface area contributed by atoms with Crippen molar-refractivity contribution in [1.29, 1.82) is 0 Å². The van der Waals surface area contributed by atoms with Crippen molar-refractivity contribution in [3.63, 3.8) is 0 Å². The van der Waals surface area contributed by atoms with E-state index in [1.165, 1.54) is 110 Å². The Kier molecular flexibility index (Phi) is 8.02. The lowest BCUT2D eigenvalue weighted by Gasteiger charge is -2.20. The first-order valence-electron chi connectivity index (χ1n) is 22.8. The van der Waals surface area contributed by atoms with Crippen molar-refractivity contribution in [3.8, 4) is 50.2 Å². The Morgan fingerprint density at radius 3 is 1.35 bits per heavy atom. The number of furan rings is 1. The molecule has 0 aliphatic carbocycles. The Bertz CT molecular complexity index is 4160. The standard InChI is InChI=1S/C64H39NO/c1-3-18-40(19-4-1)42-34-36-57-54(38-42)44-22-15-16-32-56(44)65(57)64-51-29-13-11-27-49(51)62(50-28-12-14-30-52(50)64)53-31-17-33-59-63(53)55-39-43(35-37-58(55)66-59)61-47-25-9-7-23-45(47)60(41-20-5-2-6-21-41)46-24-8-10-26-48(46)61/h1-39H. The maximum absolute atomic E-state index is 6.80. The van der Waals surface area contributed by atoms with Gasteiger partial charge in [-0.3, -0.25) is 0 Å². The molecule has 2 heteroatoms. The van der Waals surface area contributed by atoms with Crippen LogP contribution >= 0.6 is 0 Å². The molecule has 0 aliphatic heterocycles. The highest BCUT2D eigenvalue weighted by Gasteiger charge is 2.24. The van der Waals surface area contributed by atoms with Crippen molar-refractivity contribution in [2.45, 2.75) is 0 Å². The number of rotatable bonds is 5. The molecule has 2 heterocycles. The molecule has 0 atom stereocenters. The van der Waals surface area contributed by atoms with E-state index in [9.17, 15) is 0 Å². The zero-order valence-corrected chi connectivity index (χ0v) is 35.9. The van der Waals surface area contributed by atoms with Crippen LogP contribution < -0.4 is 0 Å². The van der Waals surface area contributed by atoms with Gasteiger partial charge in [-0.15, -0.1) is 0 Å². The average Bonchev–Trinajstić information content (AvgIpc) is 3.93. The van der Waals surface area contributed by atoms with Crippen molar-refractivity contribution >= 4 is 86.8 Å². The quantitative estimate of drug-likeness (QED) is 0.158. The first kappa shape index (κ1) is 36.7. The largest absolute Gasteiger partial charge is 0.456 e. The highest BCUT2D eigenvalue weighted by molar-refractivity contribution is 6.26. The molecule has 0 unspecified atom stereocenters. The fraction of sp³-hybridized carbons (Fsp3) is 0. The molecule has 2 aromatic heterocycles. The molecule has 0 aliphatic rings.